The SMILES string of the molecule is CC(=O)C(C)(C)COc1ccc(-c2ccc(-c3nc(Cl)c(CO)n3COCC[Si](C)(C)C)cn2)cc1. The monoisotopic (exact) mass is 529 g/mol. The molecule has 0 unspecified atom stereocenters. The molecule has 3 rings (SSSR count). The number of aliphatic hydroxyl groups excluding tert-OH is 1. The highest BCUT2D eigenvalue weighted by Crippen LogP contribution is 2.28. The fourth-order valence-electron chi connectivity index (χ4n) is 3.29. The number of aliphatic hydroxyl groups is 1. The molecule has 0 spiro atoms. The number of halogens is 1. The molecule has 2 aromatic heterocycles. The van der Waals surface area contributed by atoms with Crippen LogP contribution in [0.15, 0.2) is 42.6 Å². The lowest BCUT2D eigenvalue weighted by Crippen LogP contribution is -2.28. The van der Waals surface area contributed by atoms with Crippen LogP contribution in [0.2, 0.25) is 30.8 Å². The van der Waals surface area contributed by atoms with E-state index in [1.54, 1.807) is 17.7 Å². The van der Waals surface area contributed by atoms with Crippen molar-refractivity contribution in [3.05, 3.63) is 53.4 Å². The van der Waals surface area contributed by atoms with Crippen LogP contribution < -0.4 is 4.74 Å². The molecule has 0 aliphatic rings. The fourth-order valence-corrected chi connectivity index (χ4v) is 4.28. The van der Waals surface area contributed by atoms with Crippen LogP contribution in [-0.2, 0) is 22.9 Å². The van der Waals surface area contributed by atoms with Gasteiger partial charge in [0.05, 0.1) is 23.4 Å². The summed E-state index contributed by atoms with van der Waals surface area (Å²) in [6.45, 7) is 13.2. The van der Waals surface area contributed by atoms with Crippen molar-refractivity contribution in [2.24, 2.45) is 5.41 Å². The molecule has 0 aliphatic carbocycles. The van der Waals surface area contributed by atoms with Crippen molar-refractivity contribution >= 4 is 25.5 Å². The van der Waals surface area contributed by atoms with Crippen molar-refractivity contribution in [2.75, 3.05) is 13.2 Å². The summed E-state index contributed by atoms with van der Waals surface area (Å²) in [7, 11) is -1.21. The van der Waals surface area contributed by atoms with Gasteiger partial charge in [-0.25, -0.2) is 4.98 Å². The Balaban J connectivity index is 1.73. The molecule has 3 aromatic rings. The van der Waals surface area contributed by atoms with Gasteiger partial charge in [-0.15, -0.1) is 0 Å². The second kappa shape index (κ2) is 11.7. The van der Waals surface area contributed by atoms with Crippen LogP contribution in [0.25, 0.3) is 22.6 Å². The van der Waals surface area contributed by atoms with Gasteiger partial charge in [-0.2, -0.15) is 0 Å². The molecule has 0 saturated heterocycles. The van der Waals surface area contributed by atoms with Crippen molar-refractivity contribution in [1.29, 1.82) is 0 Å². The third kappa shape index (κ3) is 7.26. The first-order valence-electron chi connectivity index (χ1n) is 12.1. The average Bonchev–Trinajstić information content (AvgIpc) is 3.15. The summed E-state index contributed by atoms with van der Waals surface area (Å²) in [6, 6.07) is 12.5. The maximum absolute atomic E-state index is 11.7. The molecule has 0 bridgehead atoms. The Morgan fingerprint density at radius 2 is 1.78 bits per heavy atom. The third-order valence-corrected chi connectivity index (χ3v) is 8.12. The second-order valence-electron chi connectivity index (χ2n) is 10.8. The van der Waals surface area contributed by atoms with Crippen LogP contribution in [0.5, 0.6) is 5.75 Å². The van der Waals surface area contributed by atoms with Crippen molar-refractivity contribution in [1.82, 2.24) is 14.5 Å². The molecule has 194 valence electrons. The largest absolute Gasteiger partial charge is 0.493 e. The number of rotatable bonds is 12. The molecule has 0 fully saturated rings. The maximum Gasteiger partial charge on any atom is 0.153 e. The molecular weight excluding hydrogens is 494 g/mol. The fraction of sp³-hybridized carbons (Fsp3) is 0.444. The van der Waals surface area contributed by atoms with Crippen molar-refractivity contribution in [2.45, 2.75) is 59.8 Å². The zero-order valence-corrected chi connectivity index (χ0v) is 23.7. The molecule has 36 heavy (non-hydrogen) atoms. The number of Topliss-reactive ketones (excluding diaryl/α,β-unsaturated/α-hetero) is 1. The Morgan fingerprint density at radius 1 is 1.11 bits per heavy atom. The molecule has 0 amide bonds. The van der Waals surface area contributed by atoms with Gasteiger partial charge in [-0.1, -0.05) is 31.2 Å². The van der Waals surface area contributed by atoms with Gasteiger partial charge in [-0.3, -0.25) is 9.78 Å². The van der Waals surface area contributed by atoms with Gasteiger partial charge in [0.25, 0.3) is 0 Å². The van der Waals surface area contributed by atoms with E-state index < -0.39 is 13.5 Å². The Bertz CT molecular complexity index is 1170. The third-order valence-electron chi connectivity index (χ3n) is 6.11. The number of hydrogen-bond donors (Lipinski definition) is 1. The quantitative estimate of drug-likeness (QED) is 0.226. The average molecular weight is 530 g/mol. The van der Waals surface area contributed by atoms with E-state index >= 15 is 0 Å². The van der Waals surface area contributed by atoms with E-state index in [-0.39, 0.29) is 24.3 Å². The Morgan fingerprint density at radius 3 is 2.33 bits per heavy atom. The number of pyridine rings is 1. The second-order valence-corrected chi connectivity index (χ2v) is 16.8. The van der Waals surface area contributed by atoms with Crippen molar-refractivity contribution in [3.8, 4) is 28.4 Å². The number of hydrogen-bond acceptors (Lipinski definition) is 6. The standard InChI is InChI=1S/C27H36ClN3O4Si/c1-19(33)27(2,3)17-35-22-10-7-20(8-11-22)23-12-9-21(15-29-23)26-30-25(28)24(16-32)31(26)18-34-13-14-36(4,5)6/h7-12,15,32H,13-14,16-18H2,1-6H3. The van der Waals surface area contributed by atoms with Crippen LogP contribution in [-0.4, -0.2) is 46.7 Å². The van der Waals surface area contributed by atoms with Gasteiger partial charge in [-0.05, 0) is 63.2 Å². The first-order chi connectivity index (χ1) is 16.9. The van der Waals surface area contributed by atoms with Crippen LogP contribution in [0, 0.1) is 5.41 Å². The summed E-state index contributed by atoms with van der Waals surface area (Å²) in [5.74, 6) is 1.40. The molecule has 0 radical (unpaired) electrons. The zero-order chi connectivity index (χ0) is 26.5. The number of ketones is 1. The number of benzene rings is 1. The molecule has 0 aliphatic heterocycles. The predicted molar refractivity (Wildman–Crippen MR) is 146 cm³/mol. The Labute approximate surface area is 219 Å². The first-order valence-corrected chi connectivity index (χ1v) is 16.1. The molecule has 7 nitrogen and oxygen atoms in total. The van der Waals surface area contributed by atoms with E-state index in [0.29, 0.717) is 30.5 Å². The number of ether oxygens (including phenoxy) is 2. The molecular formula is C27H36ClN3O4Si. The summed E-state index contributed by atoms with van der Waals surface area (Å²) >= 11 is 6.31. The zero-order valence-electron chi connectivity index (χ0n) is 22.0. The summed E-state index contributed by atoms with van der Waals surface area (Å²) < 4.78 is 13.5. The summed E-state index contributed by atoms with van der Waals surface area (Å²) in [5.41, 5.74) is 2.51. The van der Waals surface area contributed by atoms with Gasteiger partial charge < -0.3 is 19.1 Å². The first kappa shape index (κ1) is 28.1. The van der Waals surface area contributed by atoms with Gasteiger partial charge in [0.15, 0.2) is 5.15 Å². The Kier molecular flexibility index (Phi) is 9.11. The van der Waals surface area contributed by atoms with E-state index in [4.69, 9.17) is 21.1 Å². The van der Waals surface area contributed by atoms with Crippen molar-refractivity contribution < 1.29 is 19.4 Å². The number of aromatic nitrogens is 3. The number of imidazole rings is 1. The minimum atomic E-state index is -1.21. The van der Waals surface area contributed by atoms with E-state index in [0.717, 1.165) is 22.9 Å². The van der Waals surface area contributed by atoms with Crippen LogP contribution >= 0.6 is 11.6 Å². The minimum Gasteiger partial charge on any atom is -0.493 e. The van der Waals surface area contributed by atoms with Crippen LogP contribution in [0.1, 0.15) is 26.5 Å². The van der Waals surface area contributed by atoms with E-state index in [1.807, 2.05) is 50.2 Å². The highest BCUT2D eigenvalue weighted by Gasteiger charge is 2.24. The van der Waals surface area contributed by atoms with Gasteiger partial charge in [0.1, 0.15) is 30.7 Å². The van der Waals surface area contributed by atoms with Gasteiger partial charge in [0, 0.05) is 32.0 Å². The normalized spacial score (nSPS) is 12.1. The number of carbonyl (C=O) groups is 1. The molecule has 2 heterocycles. The van der Waals surface area contributed by atoms with Crippen molar-refractivity contribution in [3.63, 3.8) is 0 Å². The van der Waals surface area contributed by atoms with E-state index in [2.05, 4.69) is 29.6 Å². The molecule has 1 N–H and O–H groups in total. The van der Waals surface area contributed by atoms with E-state index in [1.165, 1.54) is 0 Å². The van der Waals surface area contributed by atoms with Crippen LogP contribution in [0.4, 0.5) is 0 Å². The van der Waals surface area contributed by atoms with Crippen LogP contribution in [0.3, 0.4) is 0 Å². The van der Waals surface area contributed by atoms with Gasteiger partial charge >= 0.3 is 0 Å². The lowest BCUT2D eigenvalue weighted by atomic mass is 9.90. The molecule has 1 aromatic carbocycles. The topological polar surface area (TPSA) is 86.5 Å². The minimum absolute atomic E-state index is 0.0922. The van der Waals surface area contributed by atoms with Gasteiger partial charge in [0.2, 0.25) is 0 Å². The molecule has 0 atom stereocenters. The molecule has 0 saturated carbocycles. The number of nitrogens with zero attached hydrogens (tertiary/aromatic N) is 3. The highest BCUT2D eigenvalue weighted by atomic mass is 35.5. The smallest absolute Gasteiger partial charge is 0.153 e. The number of carbonyl (C=O) groups excluding carboxylic acids is 1. The predicted octanol–water partition coefficient (Wildman–Crippen LogP) is 6.06. The highest BCUT2D eigenvalue weighted by molar-refractivity contribution is 6.76. The summed E-state index contributed by atoms with van der Waals surface area (Å²) in [5, 5.41) is 10.1. The lowest BCUT2D eigenvalue weighted by Gasteiger charge is -2.21. The molecule has 9 heteroatoms. The lowest BCUT2D eigenvalue weighted by molar-refractivity contribution is -0.126. The maximum atomic E-state index is 11.7. The Hall–Kier alpha value is -2.52. The summed E-state index contributed by atoms with van der Waals surface area (Å²) in [4.78, 5) is 20.8. The van der Waals surface area contributed by atoms with E-state index in [9.17, 15) is 9.90 Å². The summed E-state index contributed by atoms with van der Waals surface area (Å²) in [6.07, 6.45) is 1.74.